The summed E-state index contributed by atoms with van der Waals surface area (Å²) in [7, 11) is 5.38. The van der Waals surface area contributed by atoms with Gasteiger partial charge in [0, 0.05) is 44.5 Å². The van der Waals surface area contributed by atoms with Gasteiger partial charge in [0.25, 0.3) is 0 Å². The summed E-state index contributed by atoms with van der Waals surface area (Å²) in [5, 5.41) is 11.1. The van der Waals surface area contributed by atoms with E-state index < -0.39 is 0 Å². The second-order valence-corrected chi connectivity index (χ2v) is 6.01. The lowest BCUT2D eigenvalue weighted by atomic mass is 10.2. The fraction of sp³-hybridized carbons (Fsp3) is 0.474. The van der Waals surface area contributed by atoms with E-state index in [1.165, 1.54) is 5.56 Å². The minimum Gasteiger partial charge on any atom is -0.497 e. The number of nitrogens with one attached hydrogen (secondary N) is 2. The van der Waals surface area contributed by atoms with Crippen LogP contribution in [0.4, 0.5) is 0 Å². The minimum atomic E-state index is 0. The number of methoxy groups -OCH3 is 1. The molecule has 7 nitrogen and oxygen atoms in total. The van der Waals surface area contributed by atoms with E-state index in [0.29, 0.717) is 13.2 Å². The SMILES string of the molecule is CN=C(NCCCOc1cccc(OC)c1)NCc1c(C)nn(C)c1C.I. The molecular weight excluding hydrogens is 457 g/mol. The summed E-state index contributed by atoms with van der Waals surface area (Å²) in [5.74, 6) is 2.38. The molecule has 0 amide bonds. The number of hydrogen-bond donors (Lipinski definition) is 2. The molecule has 1 heterocycles. The van der Waals surface area contributed by atoms with Crippen molar-refractivity contribution in [3.63, 3.8) is 0 Å². The Morgan fingerprint density at radius 3 is 2.59 bits per heavy atom. The second-order valence-electron chi connectivity index (χ2n) is 6.01. The molecule has 0 atom stereocenters. The second kappa shape index (κ2) is 11.7. The fourth-order valence-corrected chi connectivity index (χ4v) is 2.63. The highest BCUT2D eigenvalue weighted by Crippen LogP contribution is 2.18. The van der Waals surface area contributed by atoms with Crippen molar-refractivity contribution >= 4 is 29.9 Å². The van der Waals surface area contributed by atoms with Gasteiger partial charge in [-0.25, -0.2) is 0 Å². The number of guanidine groups is 1. The first-order chi connectivity index (χ1) is 12.5. The predicted molar refractivity (Wildman–Crippen MR) is 119 cm³/mol. The van der Waals surface area contributed by atoms with Gasteiger partial charge < -0.3 is 20.1 Å². The van der Waals surface area contributed by atoms with Gasteiger partial charge >= 0.3 is 0 Å². The van der Waals surface area contributed by atoms with Gasteiger partial charge in [0.1, 0.15) is 11.5 Å². The Hall–Kier alpha value is -1.97. The highest BCUT2D eigenvalue weighted by Gasteiger charge is 2.09. The van der Waals surface area contributed by atoms with E-state index in [2.05, 4.69) is 27.6 Å². The quantitative estimate of drug-likeness (QED) is 0.259. The van der Waals surface area contributed by atoms with Gasteiger partial charge in [-0.15, -0.1) is 24.0 Å². The van der Waals surface area contributed by atoms with E-state index in [1.807, 2.05) is 42.9 Å². The average Bonchev–Trinajstić information content (AvgIpc) is 2.89. The van der Waals surface area contributed by atoms with Crippen molar-refractivity contribution in [1.82, 2.24) is 20.4 Å². The van der Waals surface area contributed by atoms with Crippen molar-refractivity contribution in [2.24, 2.45) is 12.0 Å². The number of ether oxygens (including phenoxy) is 2. The summed E-state index contributed by atoms with van der Waals surface area (Å²) in [4.78, 5) is 4.26. The van der Waals surface area contributed by atoms with Crippen LogP contribution < -0.4 is 20.1 Å². The van der Waals surface area contributed by atoms with Crippen molar-refractivity contribution < 1.29 is 9.47 Å². The zero-order chi connectivity index (χ0) is 18.9. The maximum Gasteiger partial charge on any atom is 0.191 e. The van der Waals surface area contributed by atoms with Gasteiger partial charge in [0.05, 0.1) is 19.4 Å². The summed E-state index contributed by atoms with van der Waals surface area (Å²) >= 11 is 0. The summed E-state index contributed by atoms with van der Waals surface area (Å²) in [5.41, 5.74) is 3.41. The van der Waals surface area contributed by atoms with E-state index in [0.717, 1.165) is 41.8 Å². The molecule has 0 saturated carbocycles. The highest BCUT2D eigenvalue weighted by atomic mass is 127. The van der Waals surface area contributed by atoms with Crippen LogP contribution in [0.3, 0.4) is 0 Å². The van der Waals surface area contributed by atoms with Gasteiger partial charge in [-0.3, -0.25) is 9.67 Å². The largest absolute Gasteiger partial charge is 0.497 e. The minimum absolute atomic E-state index is 0. The number of nitrogens with zero attached hydrogens (tertiary/aromatic N) is 3. The number of rotatable bonds is 8. The number of aliphatic imine (C=N–C) groups is 1. The number of aryl methyl sites for hydroxylation is 2. The molecule has 0 spiro atoms. The topological polar surface area (TPSA) is 72.7 Å². The van der Waals surface area contributed by atoms with E-state index >= 15 is 0 Å². The molecule has 150 valence electrons. The van der Waals surface area contributed by atoms with Crippen LogP contribution in [0.1, 0.15) is 23.4 Å². The van der Waals surface area contributed by atoms with Crippen LogP contribution in [0.15, 0.2) is 29.3 Å². The molecule has 0 saturated heterocycles. The molecule has 0 bridgehead atoms. The van der Waals surface area contributed by atoms with E-state index in [1.54, 1.807) is 14.2 Å². The first kappa shape index (κ1) is 23.1. The third-order valence-electron chi connectivity index (χ3n) is 4.24. The van der Waals surface area contributed by atoms with Crippen molar-refractivity contribution in [2.45, 2.75) is 26.8 Å². The molecule has 1 aromatic heterocycles. The lowest BCUT2D eigenvalue weighted by Gasteiger charge is -2.13. The molecule has 8 heteroatoms. The van der Waals surface area contributed by atoms with Crippen molar-refractivity contribution in [1.29, 1.82) is 0 Å². The third-order valence-corrected chi connectivity index (χ3v) is 4.24. The molecular formula is C19H30IN5O2. The maximum absolute atomic E-state index is 5.74. The van der Waals surface area contributed by atoms with Gasteiger partial charge in [-0.2, -0.15) is 5.10 Å². The molecule has 2 rings (SSSR count). The highest BCUT2D eigenvalue weighted by molar-refractivity contribution is 14.0. The molecule has 0 fully saturated rings. The van der Waals surface area contributed by atoms with Crippen LogP contribution >= 0.6 is 24.0 Å². The zero-order valence-electron chi connectivity index (χ0n) is 16.7. The van der Waals surface area contributed by atoms with Gasteiger partial charge in [0.15, 0.2) is 5.96 Å². The van der Waals surface area contributed by atoms with Crippen molar-refractivity contribution in [3.8, 4) is 11.5 Å². The predicted octanol–water partition coefficient (Wildman–Crippen LogP) is 2.80. The molecule has 27 heavy (non-hydrogen) atoms. The lowest BCUT2D eigenvalue weighted by molar-refractivity contribution is 0.308. The summed E-state index contributed by atoms with van der Waals surface area (Å²) in [6.07, 6.45) is 0.864. The van der Waals surface area contributed by atoms with Crippen LogP contribution in [-0.2, 0) is 13.6 Å². The smallest absolute Gasteiger partial charge is 0.191 e. The van der Waals surface area contributed by atoms with Crippen molar-refractivity contribution in [3.05, 3.63) is 41.2 Å². The molecule has 0 radical (unpaired) electrons. The van der Waals surface area contributed by atoms with E-state index in [4.69, 9.17) is 9.47 Å². The monoisotopic (exact) mass is 487 g/mol. The van der Waals surface area contributed by atoms with Crippen LogP contribution in [0, 0.1) is 13.8 Å². The Labute approximate surface area is 178 Å². The molecule has 0 aliphatic heterocycles. The Balaban J connectivity index is 0.00000364. The standard InChI is InChI=1S/C19H29N5O2.HI/c1-14-18(15(2)24(4)23-14)13-22-19(20-3)21-10-7-11-26-17-9-6-8-16(12-17)25-5;/h6,8-9,12H,7,10-11,13H2,1-5H3,(H2,20,21,22);1H. The molecule has 2 N–H and O–H groups in total. The number of benzene rings is 1. The lowest BCUT2D eigenvalue weighted by Crippen LogP contribution is -2.37. The molecule has 0 aliphatic rings. The Morgan fingerprint density at radius 2 is 1.96 bits per heavy atom. The first-order valence-corrected chi connectivity index (χ1v) is 8.75. The zero-order valence-corrected chi connectivity index (χ0v) is 19.0. The molecule has 1 aromatic carbocycles. The van der Waals surface area contributed by atoms with E-state index in [9.17, 15) is 0 Å². The van der Waals surface area contributed by atoms with Crippen molar-refractivity contribution in [2.75, 3.05) is 27.3 Å². The number of aromatic nitrogens is 2. The van der Waals surface area contributed by atoms with E-state index in [-0.39, 0.29) is 24.0 Å². The third kappa shape index (κ3) is 6.93. The number of halogens is 1. The fourth-order valence-electron chi connectivity index (χ4n) is 2.63. The molecule has 0 aliphatic carbocycles. The van der Waals surface area contributed by atoms with Crippen LogP contribution in [0.5, 0.6) is 11.5 Å². The Bertz CT molecular complexity index is 746. The number of hydrogen-bond acceptors (Lipinski definition) is 4. The Kier molecular flexibility index (Phi) is 9.98. The normalized spacial score (nSPS) is 10.9. The first-order valence-electron chi connectivity index (χ1n) is 8.75. The molecule has 2 aromatic rings. The van der Waals surface area contributed by atoms with Crippen LogP contribution in [0.2, 0.25) is 0 Å². The summed E-state index contributed by atoms with van der Waals surface area (Å²) < 4.78 is 12.8. The Morgan fingerprint density at radius 1 is 1.22 bits per heavy atom. The summed E-state index contributed by atoms with van der Waals surface area (Å²) in [6.45, 7) is 6.19. The van der Waals surface area contributed by atoms with Gasteiger partial charge in [-0.05, 0) is 32.4 Å². The molecule has 0 unspecified atom stereocenters. The van der Waals surface area contributed by atoms with Crippen LogP contribution in [-0.4, -0.2) is 43.0 Å². The van der Waals surface area contributed by atoms with Gasteiger partial charge in [0.2, 0.25) is 0 Å². The van der Waals surface area contributed by atoms with Gasteiger partial charge in [-0.1, -0.05) is 6.07 Å². The summed E-state index contributed by atoms with van der Waals surface area (Å²) in [6, 6.07) is 7.62. The maximum atomic E-state index is 5.74. The average molecular weight is 487 g/mol. The van der Waals surface area contributed by atoms with Crippen LogP contribution in [0.25, 0.3) is 0 Å².